The molecule has 0 aliphatic rings. The second kappa shape index (κ2) is 19.1. The average Bonchev–Trinajstić information content (AvgIpc) is 2.03. The van der Waals surface area contributed by atoms with Crippen molar-refractivity contribution in [2.45, 2.75) is 40.0 Å². The van der Waals surface area contributed by atoms with Gasteiger partial charge in [-0.3, -0.25) is 7.05 Å². The maximum Gasteiger partial charge on any atom is 0 e. The fraction of sp³-hybridized carbons (Fsp3) is 0.900. The molecule has 0 saturated carbocycles. The molecule has 0 aromatic carbocycles. The van der Waals surface area contributed by atoms with Crippen LogP contribution in [0.1, 0.15) is 40.0 Å². The molecular weight excluding hydrogens is 255 g/mol. The number of thioether (sulfide) groups is 1. The van der Waals surface area contributed by atoms with Crippen molar-refractivity contribution in [2.75, 3.05) is 18.1 Å². The fourth-order valence-electron chi connectivity index (χ4n) is 0.952. The van der Waals surface area contributed by atoms with Crippen LogP contribution in [-0.2, 0) is 32.7 Å². The van der Waals surface area contributed by atoms with Crippen LogP contribution in [0.2, 0.25) is 0 Å². The normalized spacial score (nSPS) is 8.77. The van der Waals surface area contributed by atoms with Crippen molar-refractivity contribution in [1.82, 2.24) is 5.32 Å². The molecule has 3 heteroatoms. The van der Waals surface area contributed by atoms with Crippen molar-refractivity contribution in [3.8, 4) is 0 Å². The van der Waals surface area contributed by atoms with E-state index < -0.39 is 0 Å². The Labute approximate surface area is 114 Å². The molecular formula is C10H24NSY-. The Morgan fingerprint density at radius 3 is 2.31 bits per heavy atom. The maximum absolute atomic E-state index is 3.58. The van der Waals surface area contributed by atoms with Gasteiger partial charge >= 0.3 is 0 Å². The van der Waals surface area contributed by atoms with Gasteiger partial charge in [0.05, 0.1) is 0 Å². The first-order chi connectivity index (χ1) is 5.41. The molecule has 1 nitrogen and oxygen atoms in total. The summed E-state index contributed by atoms with van der Waals surface area (Å²) < 4.78 is 0. The summed E-state index contributed by atoms with van der Waals surface area (Å²) in [6.45, 7) is 3.29. The molecule has 0 aromatic rings. The Kier molecular flexibility index (Phi) is 29.2. The molecule has 1 N–H and O–H groups in total. The third kappa shape index (κ3) is 19.7. The van der Waals surface area contributed by atoms with Crippen LogP contribution in [0.5, 0.6) is 0 Å². The van der Waals surface area contributed by atoms with Crippen molar-refractivity contribution >= 4 is 11.8 Å². The minimum absolute atomic E-state index is 0. The molecule has 0 aromatic heterocycles. The quantitative estimate of drug-likeness (QED) is 0.540. The first kappa shape index (κ1) is 19.9. The number of nitrogens with one attached hydrogen (secondary N) is 1. The van der Waals surface area contributed by atoms with Gasteiger partial charge in [0.2, 0.25) is 0 Å². The standard InChI is InChI=1S/C9H20NS.CH4.Y/c1-3-11-9-7-5-4-6-8-10-2;;/h10H,2-9H2,1H3;1H4;/q-1;;. The third-order valence-corrected chi connectivity index (χ3v) is 2.58. The molecule has 0 fully saturated rings. The fourth-order valence-corrected chi connectivity index (χ4v) is 1.65. The minimum atomic E-state index is 0. The summed E-state index contributed by atoms with van der Waals surface area (Å²) in [6, 6.07) is 0. The minimum Gasteiger partial charge on any atom is -0.473 e. The van der Waals surface area contributed by atoms with E-state index in [0.717, 1.165) is 6.54 Å². The maximum atomic E-state index is 3.58. The molecule has 0 spiro atoms. The van der Waals surface area contributed by atoms with E-state index in [4.69, 9.17) is 0 Å². The largest absolute Gasteiger partial charge is 0.473 e. The van der Waals surface area contributed by atoms with E-state index in [0.29, 0.717) is 0 Å². The van der Waals surface area contributed by atoms with Gasteiger partial charge in [-0.25, -0.2) is 0 Å². The summed E-state index contributed by atoms with van der Waals surface area (Å²) in [4.78, 5) is 0. The molecule has 0 unspecified atom stereocenters. The Balaban J connectivity index is -0.000000500. The van der Waals surface area contributed by atoms with Crippen molar-refractivity contribution in [3.05, 3.63) is 7.05 Å². The van der Waals surface area contributed by atoms with Gasteiger partial charge < -0.3 is 5.32 Å². The molecule has 0 aliphatic heterocycles. The number of rotatable bonds is 8. The summed E-state index contributed by atoms with van der Waals surface area (Å²) >= 11 is 2.04. The third-order valence-electron chi connectivity index (χ3n) is 1.60. The second-order valence-corrected chi connectivity index (χ2v) is 4.00. The molecule has 0 bridgehead atoms. The molecule has 0 amide bonds. The summed E-state index contributed by atoms with van der Waals surface area (Å²) in [6.07, 6.45) is 5.40. The molecule has 13 heavy (non-hydrogen) atoms. The van der Waals surface area contributed by atoms with Gasteiger partial charge in [0.25, 0.3) is 0 Å². The molecule has 0 rings (SSSR count). The van der Waals surface area contributed by atoms with Crippen LogP contribution in [0.25, 0.3) is 0 Å². The van der Waals surface area contributed by atoms with E-state index in [2.05, 4.69) is 19.3 Å². The predicted octanol–water partition coefficient (Wildman–Crippen LogP) is 3.31. The summed E-state index contributed by atoms with van der Waals surface area (Å²) in [5.74, 6) is 2.61. The first-order valence-corrected chi connectivity index (χ1v) is 5.65. The van der Waals surface area contributed by atoms with E-state index in [9.17, 15) is 0 Å². The predicted molar refractivity (Wildman–Crippen MR) is 61.6 cm³/mol. The van der Waals surface area contributed by atoms with Gasteiger partial charge in [0.1, 0.15) is 0 Å². The zero-order chi connectivity index (χ0) is 8.36. The van der Waals surface area contributed by atoms with Gasteiger partial charge in [-0.15, -0.1) is 0 Å². The van der Waals surface area contributed by atoms with Crippen LogP contribution < -0.4 is 5.32 Å². The van der Waals surface area contributed by atoms with Gasteiger partial charge in [0.15, 0.2) is 0 Å². The summed E-state index contributed by atoms with van der Waals surface area (Å²) in [7, 11) is 3.58. The van der Waals surface area contributed by atoms with Crippen LogP contribution in [0, 0.1) is 7.05 Å². The van der Waals surface area contributed by atoms with Gasteiger partial charge in [0, 0.05) is 32.7 Å². The van der Waals surface area contributed by atoms with Crippen LogP contribution in [-0.4, -0.2) is 18.1 Å². The van der Waals surface area contributed by atoms with Gasteiger partial charge in [-0.05, 0) is 30.9 Å². The molecule has 0 atom stereocenters. The molecule has 0 aliphatic carbocycles. The Hall–Kier alpha value is 1.41. The van der Waals surface area contributed by atoms with Gasteiger partial charge in [-0.1, -0.05) is 27.2 Å². The van der Waals surface area contributed by atoms with Crippen LogP contribution in [0.4, 0.5) is 0 Å². The second-order valence-electron chi connectivity index (χ2n) is 2.61. The Morgan fingerprint density at radius 2 is 1.77 bits per heavy atom. The molecule has 0 heterocycles. The molecule has 0 saturated heterocycles. The van der Waals surface area contributed by atoms with Gasteiger partial charge in [-0.2, -0.15) is 11.8 Å². The SMILES string of the molecule is C.[CH2-]NCCCCCCSCC.[Y]. The summed E-state index contributed by atoms with van der Waals surface area (Å²) in [5.41, 5.74) is 0. The topological polar surface area (TPSA) is 12.0 Å². The van der Waals surface area contributed by atoms with E-state index in [1.165, 1.54) is 37.2 Å². The van der Waals surface area contributed by atoms with E-state index in [1.807, 2.05) is 11.8 Å². The zero-order valence-corrected chi connectivity index (χ0v) is 11.8. The monoisotopic (exact) mass is 279 g/mol. The zero-order valence-electron chi connectivity index (χ0n) is 8.14. The van der Waals surface area contributed by atoms with E-state index in [-0.39, 0.29) is 40.1 Å². The summed E-state index contributed by atoms with van der Waals surface area (Å²) in [5, 5.41) is 2.91. The Bertz CT molecular complexity index is 63.9. The van der Waals surface area contributed by atoms with E-state index in [1.54, 1.807) is 0 Å². The van der Waals surface area contributed by atoms with Crippen LogP contribution in [0.15, 0.2) is 0 Å². The number of unbranched alkanes of at least 4 members (excludes halogenated alkanes) is 3. The number of hydrogen-bond acceptors (Lipinski definition) is 2. The molecule has 1 radical (unpaired) electrons. The number of hydrogen-bond donors (Lipinski definition) is 1. The van der Waals surface area contributed by atoms with Crippen molar-refractivity contribution in [2.24, 2.45) is 0 Å². The van der Waals surface area contributed by atoms with Crippen molar-refractivity contribution in [3.63, 3.8) is 0 Å². The Morgan fingerprint density at radius 1 is 1.15 bits per heavy atom. The van der Waals surface area contributed by atoms with Crippen LogP contribution in [0.3, 0.4) is 0 Å². The van der Waals surface area contributed by atoms with Crippen molar-refractivity contribution < 1.29 is 32.7 Å². The van der Waals surface area contributed by atoms with E-state index >= 15 is 0 Å². The molecule has 79 valence electrons. The smallest absolute Gasteiger partial charge is 0 e. The first-order valence-electron chi connectivity index (χ1n) is 4.49. The van der Waals surface area contributed by atoms with Crippen molar-refractivity contribution in [1.29, 1.82) is 0 Å². The van der Waals surface area contributed by atoms with Crippen LogP contribution >= 0.6 is 11.8 Å². The average molecular weight is 279 g/mol.